The van der Waals surface area contributed by atoms with Crippen LogP contribution in [-0.4, -0.2) is 19.0 Å². The molecular formula is C12H24O3. The van der Waals surface area contributed by atoms with E-state index in [1.54, 1.807) is 0 Å². The number of hydrogen-bond donors (Lipinski definition) is 0. The molecule has 0 spiro atoms. The Morgan fingerprint density at radius 2 is 1.73 bits per heavy atom. The van der Waals surface area contributed by atoms with E-state index in [2.05, 4.69) is 0 Å². The van der Waals surface area contributed by atoms with Gasteiger partial charge in [-0.1, -0.05) is 19.3 Å². The molecule has 0 unspecified atom stereocenters. The van der Waals surface area contributed by atoms with Gasteiger partial charge in [0.1, 0.15) is 0 Å². The van der Waals surface area contributed by atoms with Crippen LogP contribution in [0.3, 0.4) is 0 Å². The van der Waals surface area contributed by atoms with Crippen molar-refractivity contribution in [2.75, 3.05) is 13.4 Å². The summed E-state index contributed by atoms with van der Waals surface area (Å²) >= 11 is 0. The Kier molecular flexibility index (Phi) is 5.58. The van der Waals surface area contributed by atoms with Crippen LogP contribution in [0.4, 0.5) is 0 Å². The zero-order valence-electron chi connectivity index (χ0n) is 10.3. The summed E-state index contributed by atoms with van der Waals surface area (Å²) in [5, 5.41) is 0. The van der Waals surface area contributed by atoms with Gasteiger partial charge in [0.05, 0.1) is 12.2 Å². The summed E-state index contributed by atoms with van der Waals surface area (Å²) in [7, 11) is 0. The zero-order chi connectivity index (χ0) is 11.1. The monoisotopic (exact) mass is 216 g/mol. The second-order valence-corrected chi connectivity index (χ2v) is 5.31. The Morgan fingerprint density at radius 3 is 2.33 bits per heavy atom. The van der Waals surface area contributed by atoms with Crippen molar-refractivity contribution in [2.24, 2.45) is 5.92 Å². The SMILES string of the molecule is CC(C)(C)OOCOCC1CCCCC1. The molecule has 0 aliphatic heterocycles. The smallest absolute Gasteiger partial charge is 0.180 e. The van der Waals surface area contributed by atoms with E-state index < -0.39 is 0 Å². The Hall–Kier alpha value is -0.120. The van der Waals surface area contributed by atoms with Crippen molar-refractivity contribution in [1.82, 2.24) is 0 Å². The Labute approximate surface area is 93.0 Å². The average molecular weight is 216 g/mol. The summed E-state index contributed by atoms with van der Waals surface area (Å²) in [4.78, 5) is 10.1. The molecule has 3 heteroatoms. The van der Waals surface area contributed by atoms with Gasteiger partial charge in [0, 0.05) is 0 Å². The first-order valence-corrected chi connectivity index (χ1v) is 5.96. The van der Waals surface area contributed by atoms with Gasteiger partial charge in [0.25, 0.3) is 0 Å². The van der Waals surface area contributed by atoms with Crippen LogP contribution in [0.2, 0.25) is 0 Å². The highest BCUT2D eigenvalue weighted by molar-refractivity contribution is 4.64. The first-order valence-electron chi connectivity index (χ1n) is 5.96. The molecule has 0 N–H and O–H groups in total. The first-order chi connectivity index (χ1) is 7.08. The van der Waals surface area contributed by atoms with E-state index in [-0.39, 0.29) is 12.4 Å². The molecule has 1 saturated carbocycles. The lowest BCUT2D eigenvalue weighted by Crippen LogP contribution is -2.21. The highest BCUT2D eigenvalue weighted by Gasteiger charge is 2.14. The number of rotatable bonds is 5. The molecule has 0 amide bonds. The van der Waals surface area contributed by atoms with Crippen molar-refractivity contribution in [3.05, 3.63) is 0 Å². The summed E-state index contributed by atoms with van der Waals surface area (Å²) in [6.07, 6.45) is 6.71. The predicted octanol–water partition coefficient (Wildman–Crippen LogP) is 3.29. The van der Waals surface area contributed by atoms with Crippen LogP contribution in [0.15, 0.2) is 0 Å². The molecule has 1 aliphatic carbocycles. The predicted molar refractivity (Wildman–Crippen MR) is 59.3 cm³/mol. The molecule has 0 heterocycles. The van der Waals surface area contributed by atoms with Crippen molar-refractivity contribution in [2.45, 2.75) is 58.5 Å². The third-order valence-corrected chi connectivity index (χ3v) is 2.52. The van der Waals surface area contributed by atoms with Crippen molar-refractivity contribution < 1.29 is 14.5 Å². The van der Waals surface area contributed by atoms with Gasteiger partial charge in [-0.2, -0.15) is 0 Å². The molecule has 0 aromatic heterocycles. The van der Waals surface area contributed by atoms with E-state index in [1.165, 1.54) is 32.1 Å². The second kappa shape index (κ2) is 6.46. The molecule has 3 nitrogen and oxygen atoms in total. The van der Waals surface area contributed by atoms with E-state index >= 15 is 0 Å². The summed E-state index contributed by atoms with van der Waals surface area (Å²) in [6, 6.07) is 0. The molecule has 0 atom stereocenters. The van der Waals surface area contributed by atoms with E-state index in [0.29, 0.717) is 0 Å². The van der Waals surface area contributed by atoms with Gasteiger partial charge >= 0.3 is 0 Å². The van der Waals surface area contributed by atoms with Gasteiger partial charge < -0.3 is 4.74 Å². The maximum atomic E-state index is 5.42. The molecule has 1 fully saturated rings. The van der Waals surface area contributed by atoms with Crippen LogP contribution in [0.25, 0.3) is 0 Å². The largest absolute Gasteiger partial charge is 0.352 e. The molecular weight excluding hydrogens is 192 g/mol. The van der Waals surface area contributed by atoms with Gasteiger partial charge in [-0.25, -0.2) is 9.78 Å². The van der Waals surface area contributed by atoms with Gasteiger partial charge in [-0.3, -0.25) is 0 Å². The molecule has 90 valence electrons. The average Bonchev–Trinajstić information content (AvgIpc) is 2.17. The van der Waals surface area contributed by atoms with Crippen LogP contribution in [0, 0.1) is 5.92 Å². The molecule has 0 aromatic carbocycles. The molecule has 1 rings (SSSR count). The molecule has 0 saturated heterocycles. The Balaban J connectivity index is 1.92. The number of ether oxygens (including phenoxy) is 1. The standard InChI is InChI=1S/C12H24O3/c1-12(2,3)15-14-10-13-9-11-7-5-4-6-8-11/h11H,4-10H2,1-3H3. The lowest BCUT2D eigenvalue weighted by atomic mass is 9.90. The fourth-order valence-electron chi connectivity index (χ4n) is 1.80. The maximum Gasteiger partial charge on any atom is 0.180 e. The number of hydrogen-bond acceptors (Lipinski definition) is 3. The van der Waals surface area contributed by atoms with Crippen LogP contribution in [0.5, 0.6) is 0 Å². The van der Waals surface area contributed by atoms with Crippen LogP contribution >= 0.6 is 0 Å². The topological polar surface area (TPSA) is 27.7 Å². The fraction of sp³-hybridized carbons (Fsp3) is 1.00. The summed E-state index contributed by atoms with van der Waals surface area (Å²) in [6.45, 7) is 6.91. The third-order valence-electron chi connectivity index (χ3n) is 2.52. The quantitative estimate of drug-likeness (QED) is 0.305. The van der Waals surface area contributed by atoms with E-state index in [4.69, 9.17) is 14.5 Å². The van der Waals surface area contributed by atoms with E-state index in [0.717, 1.165) is 12.5 Å². The van der Waals surface area contributed by atoms with E-state index in [9.17, 15) is 0 Å². The van der Waals surface area contributed by atoms with Crippen molar-refractivity contribution in [1.29, 1.82) is 0 Å². The van der Waals surface area contributed by atoms with Crippen LogP contribution in [-0.2, 0) is 14.5 Å². The second-order valence-electron chi connectivity index (χ2n) is 5.31. The van der Waals surface area contributed by atoms with Crippen molar-refractivity contribution in [3.63, 3.8) is 0 Å². The minimum absolute atomic E-state index is 0.244. The highest BCUT2D eigenvalue weighted by atomic mass is 17.2. The summed E-state index contributed by atoms with van der Waals surface area (Å²) < 4.78 is 5.42. The summed E-state index contributed by atoms with van der Waals surface area (Å²) in [5.41, 5.74) is -0.256. The molecule has 0 radical (unpaired) electrons. The molecule has 0 aromatic rings. The Morgan fingerprint density at radius 1 is 1.07 bits per heavy atom. The normalized spacial score (nSPS) is 19.4. The zero-order valence-corrected chi connectivity index (χ0v) is 10.3. The first kappa shape index (κ1) is 12.9. The summed E-state index contributed by atoms with van der Waals surface area (Å²) in [5.74, 6) is 0.733. The van der Waals surface area contributed by atoms with Gasteiger partial charge in [-0.15, -0.1) is 0 Å². The molecule has 1 aliphatic rings. The highest BCUT2D eigenvalue weighted by Crippen LogP contribution is 2.23. The lowest BCUT2D eigenvalue weighted by Gasteiger charge is -2.22. The van der Waals surface area contributed by atoms with Gasteiger partial charge in [0.15, 0.2) is 6.79 Å². The van der Waals surface area contributed by atoms with Crippen molar-refractivity contribution >= 4 is 0 Å². The third kappa shape index (κ3) is 6.88. The fourth-order valence-corrected chi connectivity index (χ4v) is 1.80. The van der Waals surface area contributed by atoms with Crippen LogP contribution < -0.4 is 0 Å². The minimum atomic E-state index is -0.256. The lowest BCUT2D eigenvalue weighted by molar-refractivity contribution is -0.381. The Bertz CT molecular complexity index is 157. The van der Waals surface area contributed by atoms with Gasteiger partial charge in [0.2, 0.25) is 0 Å². The van der Waals surface area contributed by atoms with Crippen molar-refractivity contribution in [3.8, 4) is 0 Å². The maximum absolute atomic E-state index is 5.42. The van der Waals surface area contributed by atoms with Crippen LogP contribution in [0.1, 0.15) is 52.9 Å². The minimum Gasteiger partial charge on any atom is -0.352 e. The molecule has 15 heavy (non-hydrogen) atoms. The van der Waals surface area contributed by atoms with E-state index in [1.807, 2.05) is 20.8 Å². The van der Waals surface area contributed by atoms with Gasteiger partial charge in [-0.05, 0) is 39.5 Å². The molecule has 0 bridgehead atoms.